The van der Waals surface area contributed by atoms with E-state index in [9.17, 15) is 4.79 Å². The van der Waals surface area contributed by atoms with Crippen LogP contribution in [0.5, 0.6) is 0 Å². The maximum Gasteiger partial charge on any atom is 0.133 e. The number of aromatic amines is 1. The molecule has 1 aliphatic carbocycles. The molecule has 0 amide bonds. The number of carbonyl (C=O) groups is 1. The lowest BCUT2D eigenvalue weighted by molar-refractivity contribution is -0.117. The zero-order chi connectivity index (χ0) is 11.1. The first-order valence-electron chi connectivity index (χ1n) is 5.52. The normalized spacial score (nSPS) is 20.8. The second-order valence-corrected chi connectivity index (χ2v) is 5.33. The average Bonchev–Trinajstić information content (AvgIpc) is 2.83. The highest BCUT2D eigenvalue weighted by Gasteiger charge is 2.25. The number of hydrogen-bond acceptors (Lipinski definition) is 1. The smallest absolute Gasteiger partial charge is 0.133 e. The molecule has 1 aromatic carbocycles. The molecule has 1 N–H and O–H groups in total. The van der Waals surface area contributed by atoms with Gasteiger partial charge in [0.2, 0.25) is 0 Å². The fraction of sp³-hybridized carbons (Fsp3) is 0.308. The summed E-state index contributed by atoms with van der Waals surface area (Å²) in [5.41, 5.74) is 2.44. The van der Waals surface area contributed by atoms with Crippen LogP contribution in [-0.2, 0) is 4.79 Å². The van der Waals surface area contributed by atoms with E-state index >= 15 is 0 Å². The van der Waals surface area contributed by atoms with Crippen LogP contribution in [0.4, 0.5) is 0 Å². The molecule has 1 heterocycles. The minimum absolute atomic E-state index is 0.400. The number of nitrogens with one attached hydrogen (secondary N) is 1. The van der Waals surface area contributed by atoms with Gasteiger partial charge in [-0.3, -0.25) is 4.79 Å². The van der Waals surface area contributed by atoms with Crippen molar-refractivity contribution >= 4 is 32.6 Å². The molecular weight excluding hydrogens is 266 g/mol. The first-order valence-corrected chi connectivity index (χ1v) is 6.31. The van der Waals surface area contributed by atoms with E-state index in [0.717, 1.165) is 22.8 Å². The lowest BCUT2D eigenvalue weighted by atomic mass is 9.97. The van der Waals surface area contributed by atoms with Crippen LogP contribution in [0, 0.1) is 0 Å². The topological polar surface area (TPSA) is 32.9 Å². The highest BCUT2D eigenvalue weighted by Crippen LogP contribution is 2.36. The van der Waals surface area contributed by atoms with Gasteiger partial charge in [-0.15, -0.1) is 0 Å². The summed E-state index contributed by atoms with van der Waals surface area (Å²) in [7, 11) is 0. The zero-order valence-electron chi connectivity index (χ0n) is 8.79. The number of H-pyrrole nitrogens is 1. The summed E-state index contributed by atoms with van der Waals surface area (Å²) >= 11 is 3.46. The van der Waals surface area contributed by atoms with E-state index in [2.05, 4.69) is 45.3 Å². The minimum atomic E-state index is 0.400. The van der Waals surface area contributed by atoms with E-state index in [4.69, 9.17) is 0 Å². The predicted molar refractivity (Wildman–Crippen MR) is 67.6 cm³/mol. The Bertz CT molecular complexity index is 558. The number of benzene rings is 1. The van der Waals surface area contributed by atoms with Gasteiger partial charge in [-0.2, -0.15) is 0 Å². The average molecular weight is 278 g/mol. The molecule has 0 saturated heterocycles. The third kappa shape index (κ3) is 1.59. The van der Waals surface area contributed by atoms with Gasteiger partial charge in [0.15, 0.2) is 0 Å². The standard InChI is InChI=1S/C13H12BrNO/c14-9-2-4-11-12(7-15-13(11)6-9)8-1-3-10(16)5-8/h2,4,6-8,15H,1,3,5H2/t8-/m1/s1. The number of halogens is 1. The lowest BCUT2D eigenvalue weighted by Crippen LogP contribution is -1.92. The highest BCUT2D eigenvalue weighted by atomic mass is 79.9. The van der Waals surface area contributed by atoms with Gasteiger partial charge < -0.3 is 4.98 Å². The molecule has 2 nitrogen and oxygen atoms in total. The molecule has 1 atom stereocenters. The van der Waals surface area contributed by atoms with E-state index < -0.39 is 0 Å². The van der Waals surface area contributed by atoms with Gasteiger partial charge in [-0.1, -0.05) is 22.0 Å². The summed E-state index contributed by atoms with van der Waals surface area (Å²) in [6.07, 6.45) is 4.51. The van der Waals surface area contributed by atoms with Gasteiger partial charge >= 0.3 is 0 Å². The van der Waals surface area contributed by atoms with Gasteiger partial charge in [0.1, 0.15) is 5.78 Å². The Balaban J connectivity index is 2.07. The Morgan fingerprint density at radius 2 is 2.25 bits per heavy atom. The first kappa shape index (κ1) is 10.1. The van der Waals surface area contributed by atoms with E-state index in [1.165, 1.54) is 10.9 Å². The fourth-order valence-electron chi connectivity index (χ4n) is 2.54. The molecule has 1 saturated carbocycles. The van der Waals surface area contributed by atoms with E-state index in [-0.39, 0.29) is 0 Å². The van der Waals surface area contributed by atoms with Crippen LogP contribution < -0.4 is 0 Å². The Hall–Kier alpha value is -1.09. The molecule has 2 aromatic rings. The fourth-order valence-corrected chi connectivity index (χ4v) is 2.90. The number of fused-ring (bicyclic) bond motifs is 1. The Morgan fingerprint density at radius 1 is 1.38 bits per heavy atom. The first-order chi connectivity index (χ1) is 7.74. The number of Topliss-reactive ketones (excluding diaryl/α,β-unsaturated/α-hetero) is 1. The van der Waals surface area contributed by atoms with E-state index in [0.29, 0.717) is 18.1 Å². The molecule has 0 radical (unpaired) electrons. The SMILES string of the molecule is O=C1CC[C@@H](c2c[nH]c3cc(Br)ccc23)C1. The quantitative estimate of drug-likeness (QED) is 0.846. The second-order valence-electron chi connectivity index (χ2n) is 4.41. The van der Waals surface area contributed by atoms with Crippen LogP contribution in [0.25, 0.3) is 10.9 Å². The van der Waals surface area contributed by atoms with Crippen molar-refractivity contribution in [3.05, 3.63) is 34.4 Å². The van der Waals surface area contributed by atoms with Gasteiger partial charge in [0, 0.05) is 34.4 Å². The van der Waals surface area contributed by atoms with Gasteiger partial charge in [0.25, 0.3) is 0 Å². The summed E-state index contributed by atoms with van der Waals surface area (Å²) < 4.78 is 1.08. The zero-order valence-corrected chi connectivity index (χ0v) is 10.4. The number of aromatic nitrogens is 1. The number of hydrogen-bond donors (Lipinski definition) is 1. The van der Waals surface area contributed by atoms with Crippen molar-refractivity contribution < 1.29 is 4.79 Å². The maximum absolute atomic E-state index is 11.3. The van der Waals surface area contributed by atoms with E-state index in [1.54, 1.807) is 0 Å². The number of rotatable bonds is 1. The highest BCUT2D eigenvalue weighted by molar-refractivity contribution is 9.10. The molecular formula is C13H12BrNO. The van der Waals surface area contributed by atoms with Crippen molar-refractivity contribution in [2.75, 3.05) is 0 Å². The van der Waals surface area contributed by atoms with E-state index in [1.807, 2.05) is 0 Å². The molecule has 3 rings (SSSR count). The third-order valence-electron chi connectivity index (χ3n) is 3.36. The van der Waals surface area contributed by atoms with Crippen molar-refractivity contribution in [3.63, 3.8) is 0 Å². The second kappa shape index (κ2) is 3.74. The Labute approximate surface area is 102 Å². The molecule has 0 aliphatic heterocycles. The van der Waals surface area contributed by atoms with Crippen molar-refractivity contribution in [1.82, 2.24) is 4.98 Å². The molecule has 16 heavy (non-hydrogen) atoms. The monoisotopic (exact) mass is 277 g/mol. The summed E-state index contributed by atoms with van der Waals surface area (Å²) in [6, 6.07) is 6.25. The number of carbonyl (C=O) groups excluding carboxylic acids is 1. The summed E-state index contributed by atoms with van der Waals surface area (Å²) in [4.78, 5) is 14.6. The molecule has 82 valence electrons. The minimum Gasteiger partial charge on any atom is -0.361 e. The summed E-state index contributed by atoms with van der Waals surface area (Å²) in [5.74, 6) is 0.818. The van der Waals surface area contributed by atoms with Gasteiger partial charge in [-0.25, -0.2) is 0 Å². The van der Waals surface area contributed by atoms with Crippen LogP contribution in [0.3, 0.4) is 0 Å². The molecule has 0 bridgehead atoms. The Morgan fingerprint density at radius 3 is 3.00 bits per heavy atom. The largest absolute Gasteiger partial charge is 0.361 e. The van der Waals surface area contributed by atoms with Gasteiger partial charge in [-0.05, 0) is 30.0 Å². The molecule has 3 heteroatoms. The lowest BCUT2D eigenvalue weighted by Gasteiger charge is -2.05. The van der Waals surface area contributed by atoms with Crippen LogP contribution in [0.15, 0.2) is 28.9 Å². The predicted octanol–water partition coefficient (Wildman–Crippen LogP) is 3.77. The molecule has 0 unspecified atom stereocenters. The summed E-state index contributed by atoms with van der Waals surface area (Å²) in [5, 5.41) is 1.25. The molecule has 1 aromatic heterocycles. The van der Waals surface area contributed by atoms with Crippen molar-refractivity contribution in [1.29, 1.82) is 0 Å². The maximum atomic E-state index is 11.3. The summed E-state index contributed by atoms with van der Waals surface area (Å²) in [6.45, 7) is 0. The molecule has 1 fully saturated rings. The van der Waals surface area contributed by atoms with Crippen molar-refractivity contribution in [2.24, 2.45) is 0 Å². The molecule has 0 spiro atoms. The van der Waals surface area contributed by atoms with Crippen LogP contribution in [0.1, 0.15) is 30.7 Å². The molecule has 1 aliphatic rings. The van der Waals surface area contributed by atoms with Crippen LogP contribution in [-0.4, -0.2) is 10.8 Å². The van der Waals surface area contributed by atoms with Crippen LogP contribution >= 0.6 is 15.9 Å². The Kier molecular flexibility index (Phi) is 2.36. The van der Waals surface area contributed by atoms with Crippen molar-refractivity contribution in [2.45, 2.75) is 25.2 Å². The number of ketones is 1. The van der Waals surface area contributed by atoms with Gasteiger partial charge in [0.05, 0.1) is 0 Å². The third-order valence-corrected chi connectivity index (χ3v) is 3.85. The van der Waals surface area contributed by atoms with Crippen molar-refractivity contribution in [3.8, 4) is 0 Å². The van der Waals surface area contributed by atoms with Crippen LogP contribution in [0.2, 0.25) is 0 Å².